The minimum absolute atomic E-state index is 0.706. The van der Waals surface area contributed by atoms with E-state index >= 15 is 0 Å². The molecular weight excluding hydrogens is 242 g/mol. The number of aryl methyl sites for hydroxylation is 1. The fourth-order valence-electron chi connectivity index (χ4n) is 2.82. The van der Waals surface area contributed by atoms with Crippen molar-refractivity contribution in [1.82, 2.24) is 5.32 Å². The van der Waals surface area contributed by atoms with Crippen molar-refractivity contribution in [3.8, 4) is 0 Å². The number of nitrogens with one attached hydrogen (secondary N) is 1. The van der Waals surface area contributed by atoms with Crippen molar-refractivity contribution >= 4 is 0 Å². The van der Waals surface area contributed by atoms with Gasteiger partial charge in [-0.05, 0) is 37.7 Å². The normalized spacial score (nSPS) is 16.3. The molecule has 1 N–H and O–H groups in total. The van der Waals surface area contributed by atoms with Gasteiger partial charge in [-0.1, -0.05) is 68.9 Å². The highest BCUT2D eigenvalue weighted by atomic mass is 14.9. The van der Waals surface area contributed by atoms with E-state index in [9.17, 15) is 0 Å². The summed E-state index contributed by atoms with van der Waals surface area (Å²) in [5.41, 5.74) is 2.89. The summed E-state index contributed by atoms with van der Waals surface area (Å²) in [5.74, 6) is 0.706. The Morgan fingerprint density at radius 1 is 1.05 bits per heavy atom. The zero-order valence-corrected chi connectivity index (χ0v) is 13.3. The lowest BCUT2D eigenvalue weighted by Crippen LogP contribution is -2.23. The molecule has 0 spiro atoms. The zero-order valence-electron chi connectivity index (χ0n) is 13.3. The fraction of sp³-hybridized carbons (Fsp3) is 0.684. The molecule has 0 aromatic heterocycles. The van der Waals surface area contributed by atoms with Crippen LogP contribution in [0.4, 0.5) is 0 Å². The number of unbranched alkanes of at least 4 members (excludes halogenated alkanes) is 4. The van der Waals surface area contributed by atoms with Crippen molar-refractivity contribution in [2.24, 2.45) is 0 Å². The van der Waals surface area contributed by atoms with Crippen LogP contribution in [0.5, 0.6) is 0 Å². The first-order chi connectivity index (χ1) is 9.79. The molecule has 112 valence electrons. The maximum absolute atomic E-state index is 3.72. The van der Waals surface area contributed by atoms with Crippen LogP contribution in [0, 0.1) is 6.92 Å². The van der Waals surface area contributed by atoms with Gasteiger partial charge in [0.25, 0.3) is 0 Å². The average molecular weight is 273 g/mol. The van der Waals surface area contributed by atoms with Crippen LogP contribution in [0.1, 0.15) is 75.3 Å². The van der Waals surface area contributed by atoms with Gasteiger partial charge in [0.05, 0.1) is 0 Å². The second kappa shape index (κ2) is 8.46. The van der Waals surface area contributed by atoms with Gasteiger partial charge < -0.3 is 5.32 Å². The van der Waals surface area contributed by atoms with Gasteiger partial charge in [0, 0.05) is 12.6 Å². The largest absolute Gasteiger partial charge is 0.313 e. The Labute approximate surface area is 125 Å². The van der Waals surface area contributed by atoms with Crippen LogP contribution in [-0.4, -0.2) is 12.6 Å². The molecule has 1 aliphatic rings. The third-order valence-electron chi connectivity index (χ3n) is 4.44. The first-order valence-electron chi connectivity index (χ1n) is 8.59. The van der Waals surface area contributed by atoms with E-state index in [1.807, 2.05) is 0 Å². The Balaban J connectivity index is 1.80. The molecule has 1 aromatic rings. The summed E-state index contributed by atoms with van der Waals surface area (Å²) in [7, 11) is 0. The van der Waals surface area contributed by atoms with E-state index < -0.39 is 0 Å². The first-order valence-corrected chi connectivity index (χ1v) is 8.59. The Morgan fingerprint density at radius 3 is 2.40 bits per heavy atom. The summed E-state index contributed by atoms with van der Waals surface area (Å²) >= 11 is 0. The van der Waals surface area contributed by atoms with Crippen molar-refractivity contribution in [3.05, 3.63) is 35.4 Å². The predicted octanol–water partition coefficient (Wildman–Crippen LogP) is 5.19. The standard InChI is InChI=1S/C19H31N/c1-3-4-5-6-7-8-18(15-20-19-13-14-19)17-11-9-16(2)10-12-17/h9-12,18-20H,3-8,13-15H2,1-2H3. The molecule has 20 heavy (non-hydrogen) atoms. The average Bonchev–Trinajstić information content (AvgIpc) is 3.27. The molecule has 0 radical (unpaired) electrons. The number of benzene rings is 1. The molecule has 0 bridgehead atoms. The highest BCUT2D eigenvalue weighted by Crippen LogP contribution is 2.25. The Kier molecular flexibility index (Phi) is 6.59. The maximum Gasteiger partial charge on any atom is 0.00684 e. The molecule has 1 aliphatic carbocycles. The minimum atomic E-state index is 0.706. The highest BCUT2D eigenvalue weighted by molar-refractivity contribution is 5.24. The van der Waals surface area contributed by atoms with Crippen LogP contribution in [0.3, 0.4) is 0 Å². The molecule has 1 fully saturated rings. The van der Waals surface area contributed by atoms with Crippen LogP contribution >= 0.6 is 0 Å². The van der Waals surface area contributed by atoms with Gasteiger partial charge in [-0.2, -0.15) is 0 Å². The van der Waals surface area contributed by atoms with E-state index in [4.69, 9.17) is 0 Å². The van der Waals surface area contributed by atoms with Crippen LogP contribution in [0.15, 0.2) is 24.3 Å². The molecule has 0 heterocycles. The number of hydrogen-bond acceptors (Lipinski definition) is 1. The third-order valence-corrected chi connectivity index (χ3v) is 4.44. The number of rotatable bonds is 10. The van der Waals surface area contributed by atoms with Crippen LogP contribution in [0.2, 0.25) is 0 Å². The van der Waals surface area contributed by atoms with E-state index in [0.717, 1.165) is 6.04 Å². The summed E-state index contributed by atoms with van der Waals surface area (Å²) < 4.78 is 0. The smallest absolute Gasteiger partial charge is 0.00684 e. The van der Waals surface area contributed by atoms with Gasteiger partial charge in [0.15, 0.2) is 0 Å². The topological polar surface area (TPSA) is 12.0 Å². The summed E-state index contributed by atoms with van der Waals surface area (Å²) in [5, 5.41) is 3.72. The van der Waals surface area contributed by atoms with Crippen molar-refractivity contribution in [2.75, 3.05) is 6.54 Å². The van der Waals surface area contributed by atoms with Gasteiger partial charge in [0.2, 0.25) is 0 Å². The lowest BCUT2D eigenvalue weighted by Gasteiger charge is -2.18. The Morgan fingerprint density at radius 2 is 1.75 bits per heavy atom. The lowest BCUT2D eigenvalue weighted by molar-refractivity contribution is 0.508. The van der Waals surface area contributed by atoms with Crippen LogP contribution in [-0.2, 0) is 0 Å². The molecule has 0 saturated heterocycles. The van der Waals surface area contributed by atoms with Crippen molar-refractivity contribution < 1.29 is 0 Å². The minimum Gasteiger partial charge on any atom is -0.313 e. The second-order valence-electron chi connectivity index (χ2n) is 6.49. The van der Waals surface area contributed by atoms with E-state index in [-0.39, 0.29) is 0 Å². The zero-order chi connectivity index (χ0) is 14.2. The number of hydrogen-bond donors (Lipinski definition) is 1. The monoisotopic (exact) mass is 273 g/mol. The first kappa shape index (κ1) is 15.6. The van der Waals surface area contributed by atoms with Gasteiger partial charge in [-0.3, -0.25) is 0 Å². The second-order valence-corrected chi connectivity index (χ2v) is 6.49. The summed E-state index contributed by atoms with van der Waals surface area (Å²) in [6.07, 6.45) is 11.0. The van der Waals surface area contributed by atoms with Gasteiger partial charge in [-0.15, -0.1) is 0 Å². The molecule has 2 rings (SSSR count). The highest BCUT2D eigenvalue weighted by Gasteiger charge is 2.22. The third kappa shape index (κ3) is 5.66. The van der Waals surface area contributed by atoms with E-state index in [1.165, 1.54) is 69.0 Å². The van der Waals surface area contributed by atoms with Crippen molar-refractivity contribution in [2.45, 2.75) is 77.2 Å². The Hall–Kier alpha value is -0.820. The molecule has 1 aromatic carbocycles. The molecule has 1 heteroatoms. The maximum atomic E-state index is 3.72. The summed E-state index contributed by atoms with van der Waals surface area (Å²) in [6, 6.07) is 10.0. The van der Waals surface area contributed by atoms with Gasteiger partial charge >= 0.3 is 0 Å². The lowest BCUT2D eigenvalue weighted by atomic mass is 9.92. The summed E-state index contributed by atoms with van der Waals surface area (Å²) in [4.78, 5) is 0. The van der Waals surface area contributed by atoms with E-state index in [1.54, 1.807) is 0 Å². The van der Waals surface area contributed by atoms with Crippen molar-refractivity contribution in [1.29, 1.82) is 0 Å². The van der Waals surface area contributed by atoms with E-state index in [0.29, 0.717) is 5.92 Å². The fourth-order valence-corrected chi connectivity index (χ4v) is 2.82. The molecule has 0 amide bonds. The van der Waals surface area contributed by atoms with Crippen LogP contribution in [0.25, 0.3) is 0 Å². The Bertz CT molecular complexity index is 364. The van der Waals surface area contributed by atoms with Gasteiger partial charge in [0.1, 0.15) is 0 Å². The van der Waals surface area contributed by atoms with Gasteiger partial charge in [-0.25, -0.2) is 0 Å². The van der Waals surface area contributed by atoms with E-state index in [2.05, 4.69) is 43.4 Å². The SMILES string of the molecule is CCCCCCCC(CNC1CC1)c1ccc(C)cc1. The molecule has 1 unspecified atom stereocenters. The molecule has 1 atom stereocenters. The molecule has 0 aliphatic heterocycles. The molecule has 1 nitrogen and oxygen atoms in total. The molecular formula is C19H31N. The quantitative estimate of drug-likeness (QED) is 0.578. The van der Waals surface area contributed by atoms with Crippen molar-refractivity contribution in [3.63, 3.8) is 0 Å². The summed E-state index contributed by atoms with van der Waals surface area (Å²) in [6.45, 7) is 5.63. The predicted molar refractivity (Wildman–Crippen MR) is 88.3 cm³/mol. The van der Waals surface area contributed by atoms with Crippen LogP contribution < -0.4 is 5.32 Å². The molecule has 1 saturated carbocycles.